The number of unbranched alkanes of at least 4 members (excludes halogenated alkanes) is 1. The molecule has 4 heteroatoms. The van der Waals surface area contributed by atoms with Crippen molar-refractivity contribution in [3.8, 4) is 5.75 Å². The van der Waals surface area contributed by atoms with Crippen LogP contribution in [-0.4, -0.2) is 18.6 Å². The molecule has 0 saturated carbocycles. The van der Waals surface area contributed by atoms with Gasteiger partial charge in [0.25, 0.3) is 5.91 Å². The fourth-order valence-corrected chi connectivity index (χ4v) is 2.43. The molecule has 2 rings (SSSR count). The van der Waals surface area contributed by atoms with Crippen molar-refractivity contribution in [3.63, 3.8) is 0 Å². The van der Waals surface area contributed by atoms with Crippen molar-refractivity contribution in [2.24, 2.45) is 11.7 Å². The third kappa shape index (κ3) is 2.80. The number of hydrogen-bond acceptors (Lipinski definition) is 3. The largest absolute Gasteiger partial charge is 0.478 e. The molecule has 0 aliphatic carbocycles. The molecule has 0 bridgehead atoms. The maximum Gasteiger partial charge on any atom is 0.268 e. The van der Waals surface area contributed by atoms with E-state index in [4.69, 9.17) is 10.5 Å². The summed E-state index contributed by atoms with van der Waals surface area (Å²) in [6.07, 6.45) is 1.66. The van der Waals surface area contributed by atoms with Crippen LogP contribution in [0, 0.1) is 5.92 Å². The number of nitrogens with zero attached hydrogens (tertiary/aromatic N) is 1. The van der Waals surface area contributed by atoms with Gasteiger partial charge in [-0.2, -0.15) is 0 Å². The van der Waals surface area contributed by atoms with E-state index in [-0.39, 0.29) is 17.9 Å². The Morgan fingerprint density at radius 2 is 2.15 bits per heavy atom. The van der Waals surface area contributed by atoms with Gasteiger partial charge in [0.2, 0.25) is 0 Å². The van der Waals surface area contributed by atoms with Crippen LogP contribution < -0.4 is 15.4 Å². The van der Waals surface area contributed by atoms with Crippen LogP contribution in [0.2, 0.25) is 0 Å². The Hall–Kier alpha value is -1.55. The number of benzene rings is 1. The van der Waals surface area contributed by atoms with E-state index in [1.807, 2.05) is 36.9 Å². The summed E-state index contributed by atoms with van der Waals surface area (Å²) in [5.41, 5.74) is 7.58. The summed E-state index contributed by atoms with van der Waals surface area (Å²) in [5, 5.41) is 0. The average Bonchev–Trinajstić information content (AvgIpc) is 2.45. The summed E-state index contributed by atoms with van der Waals surface area (Å²) in [6, 6.07) is 5.86. The predicted octanol–water partition coefficient (Wildman–Crippen LogP) is 2.70. The highest BCUT2D eigenvalue weighted by molar-refractivity contribution is 6.00. The number of nitrogens with two attached hydrogens (primary N) is 1. The van der Waals surface area contributed by atoms with E-state index in [0.717, 1.165) is 36.4 Å². The molecule has 1 unspecified atom stereocenters. The van der Waals surface area contributed by atoms with Gasteiger partial charge in [-0.05, 0) is 30.0 Å². The lowest BCUT2D eigenvalue weighted by Crippen LogP contribution is -2.48. The molecule has 1 aromatic rings. The molecule has 20 heavy (non-hydrogen) atoms. The van der Waals surface area contributed by atoms with Gasteiger partial charge in [0, 0.05) is 13.1 Å². The number of anilines is 1. The van der Waals surface area contributed by atoms with Crippen molar-refractivity contribution in [1.29, 1.82) is 0 Å². The number of hydrogen-bond donors (Lipinski definition) is 1. The van der Waals surface area contributed by atoms with E-state index in [2.05, 4.69) is 6.92 Å². The Labute approximate surface area is 120 Å². The molecule has 0 radical (unpaired) electrons. The second-order valence-corrected chi connectivity index (χ2v) is 5.63. The van der Waals surface area contributed by atoms with Crippen LogP contribution in [0.15, 0.2) is 18.2 Å². The molecule has 1 amide bonds. The van der Waals surface area contributed by atoms with Gasteiger partial charge >= 0.3 is 0 Å². The maximum absolute atomic E-state index is 12.6. The lowest BCUT2D eigenvalue weighted by molar-refractivity contribution is -0.128. The minimum absolute atomic E-state index is 0.0649. The van der Waals surface area contributed by atoms with E-state index in [9.17, 15) is 4.79 Å². The Balaban J connectivity index is 2.39. The predicted molar refractivity (Wildman–Crippen MR) is 80.8 cm³/mol. The van der Waals surface area contributed by atoms with Crippen LogP contribution in [-0.2, 0) is 11.3 Å². The van der Waals surface area contributed by atoms with Crippen LogP contribution in [0.5, 0.6) is 5.75 Å². The quantitative estimate of drug-likeness (QED) is 0.899. The first-order valence-corrected chi connectivity index (χ1v) is 7.39. The van der Waals surface area contributed by atoms with E-state index >= 15 is 0 Å². The summed E-state index contributed by atoms with van der Waals surface area (Å²) in [7, 11) is 0. The summed E-state index contributed by atoms with van der Waals surface area (Å²) in [5.74, 6) is 1.01. The molecular formula is C16H24N2O2. The second-order valence-electron chi connectivity index (χ2n) is 5.63. The van der Waals surface area contributed by atoms with Crippen molar-refractivity contribution in [1.82, 2.24) is 0 Å². The Morgan fingerprint density at radius 1 is 1.40 bits per heavy atom. The first-order chi connectivity index (χ1) is 9.58. The van der Waals surface area contributed by atoms with Crippen molar-refractivity contribution in [2.75, 3.05) is 11.4 Å². The van der Waals surface area contributed by atoms with Gasteiger partial charge in [0.05, 0.1) is 5.69 Å². The van der Waals surface area contributed by atoms with Gasteiger partial charge in [0.1, 0.15) is 5.75 Å². The molecule has 0 aromatic heterocycles. The van der Waals surface area contributed by atoms with Gasteiger partial charge < -0.3 is 15.4 Å². The van der Waals surface area contributed by atoms with Crippen molar-refractivity contribution < 1.29 is 9.53 Å². The van der Waals surface area contributed by atoms with E-state index in [0.29, 0.717) is 6.54 Å². The molecule has 1 aliphatic rings. The highest BCUT2D eigenvalue weighted by atomic mass is 16.5. The van der Waals surface area contributed by atoms with E-state index in [1.54, 1.807) is 0 Å². The van der Waals surface area contributed by atoms with Crippen LogP contribution in [0.4, 0.5) is 5.69 Å². The van der Waals surface area contributed by atoms with Crippen LogP contribution >= 0.6 is 0 Å². The summed E-state index contributed by atoms with van der Waals surface area (Å²) >= 11 is 0. The lowest BCUT2D eigenvalue weighted by Gasteiger charge is -2.36. The van der Waals surface area contributed by atoms with Crippen LogP contribution in [0.1, 0.15) is 39.2 Å². The second kappa shape index (κ2) is 6.27. The molecule has 4 nitrogen and oxygen atoms in total. The smallest absolute Gasteiger partial charge is 0.268 e. The van der Waals surface area contributed by atoms with Crippen LogP contribution in [0.25, 0.3) is 0 Å². The number of fused-ring (bicyclic) bond motifs is 1. The van der Waals surface area contributed by atoms with Crippen LogP contribution in [0.3, 0.4) is 0 Å². The highest BCUT2D eigenvalue weighted by Crippen LogP contribution is 2.36. The average molecular weight is 276 g/mol. The fourth-order valence-electron chi connectivity index (χ4n) is 2.43. The standard InChI is InChI=1S/C16H24N2O2/c1-4-5-8-18-13-9-12(10-17)6-7-14(13)20-15(11(2)3)16(18)19/h6-7,9,11,15H,4-5,8,10,17H2,1-3H3. The van der Waals surface area contributed by atoms with Crippen molar-refractivity contribution >= 4 is 11.6 Å². The van der Waals surface area contributed by atoms with Gasteiger partial charge in [0.15, 0.2) is 6.10 Å². The van der Waals surface area contributed by atoms with Gasteiger partial charge in [-0.1, -0.05) is 33.3 Å². The number of amides is 1. The molecule has 1 heterocycles. The van der Waals surface area contributed by atoms with E-state index < -0.39 is 0 Å². The number of carbonyl (C=O) groups excluding carboxylic acids is 1. The fraction of sp³-hybridized carbons (Fsp3) is 0.562. The Kier molecular flexibility index (Phi) is 4.65. The SMILES string of the molecule is CCCCN1C(=O)C(C(C)C)Oc2ccc(CN)cc21. The summed E-state index contributed by atoms with van der Waals surface area (Å²) in [4.78, 5) is 14.5. The normalized spacial score (nSPS) is 18.1. The van der Waals surface area contributed by atoms with Gasteiger partial charge in [-0.15, -0.1) is 0 Å². The number of ether oxygens (including phenoxy) is 1. The molecule has 2 N–H and O–H groups in total. The van der Waals surface area contributed by atoms with Crippen molar-refractivity contribution in [3.05, 3.63) is 23.8 Å². The third-order valence-electron chi connectivity index (χ3n) is 3.65. The molecule has 1 aliphatic heterocycles. The molecule has 1 aromatic carbocycles. The number of carbonyl (C=O) groups is 1. The summed E-state index contributed by atoms with van der Waals surface area (Å²) in [6.45, 7) is 7.36. The maximum atomic E-state index is 12.6. The molecular weight excluding hydrogens is 252 g/mol. The zero-order chi connectivity index (χ0) is 14.7. The zero-order valence-corrected chi connectivity index (χ0v) is 12.6. The number of rotatable bonds is 5. The minimum Gasteiger partial charge on any atom is -0.478 e. The molecule has 0 spiro atoms. The van der Waals surface area contributed by atoms with E-state index in [1.165, 1.54) is 0 Å². The first-order valence-electron chi connectivity index (χ1n) is 7.39. The third-order valence-corrected chi connectivity index (χ3v) is 3.65. The van der Waals surface area contributed by atoms with Crippen molar-refractivity contribution in [2.45, 2.75) is 46.3 Å². The van der Waals surface area contributed by atoms with Gasteiger partial charge in [-0.25, -0.2) is 0 Å². The molecule has 0 fully saturated rings. The summed E-state index contributed by atoms with van der Waals surface area (Å²) < 4.78 is 5.88. The highest BCUT2D eigenvalue weighted by Gasteiger charge is 2.35. The monoisotopic (exact) mass is 276 g/mol. The lowest BCUT2D eigenvalue weighted by atomic mass is 10.0. The molecule has 1 atom stereocenters. The Morgan fingerprint density at radius 3 is 2.75 bits per heavy atom. The molecule has 110 valence electrons. The topological polar surface area (TPSA) is 55.6 Å². The first kappa shape index (κ1) is 14.9. The van der Waals surface area contributed by atoms with Gasteiger partial charge in [-0.3, -0.25) is 4.79 Å². The molecule has 0 saturated heterocycles. The minimum atomic E-state index is -0.386. The Bertz CT molecular complexity index is 485. The zero-order valence-electron chi connectivity index (χ0n) is 12.6.